The van der Waals surface area contributed by atoms with Crippen molar-refractivity contribution in [3.8, 4) is 45.7 Å². The largest absolute Gasteiger partial charge is 0.351 e. The second kappa shape index (κ2) is 17.6. The zero-order valence-electron chi connectivity index (χ0n) is 33.9. The fourth-order valence-electron chi connectivity index (χ4n) is 8.22. The van der Waals surface area contributed by atoms with E-state index in [9.17, 15) is 8.78 Å². The number of hydrogen-bond donors (Lipinski definition) is 2. The van der Waals surface area contributed by atoms with Gasteiger partial charge in [0, 0.05) is 53.6 Å². The average Bonchev–Trinajstić information content (AvgIpc) is 4.15. The van der Waals surface area contributed by atoms with Crippen molar-refractivity contribution in [3.63, 3.8) is 0 Å². The normalized spacial score (nSPS) is 14.3. The van der Waals surface area contributed by atoms with Gasteiger partial charge < -0.3 is 10.6 Å². The average molecular weight is 860 g/mol. The van der Waals surface area contributed by atoms with Crippen molar-refractivity contribution in [2.24, 2.45) is 0 Å². The molecule has 0 saturated heterocycles. The van der Waals surface area contributed by atoms with Gasteiger partial charge in [0.1, 0.15) is 40.1 Å². The summed E-state index contributed by atoms with van der Waals surface area (Å²) in [4.78, 5) is 41.1. The molecule has 314 valence electrons. The van der Waals surface area contributed by atoms with Crippen molar-refractivity contribution < 1.29 is 8.78 Å². The summed E-state index contributed by atoms with van der Waals surface area (Å²) in [7, 11) is 0. The van der Waals surface area contributed by atoms with Crippen LogP contribution in [0.15, 0.2) is 122 Å². The van der Waals surface area contributed by atoms with Gasteiger partial charge in [-0.05, 0) is 123 Å². The van der Waals surface area contributed by atoms with Crippen LogP contribution in [0.2, 0.25) is 5.15 Å². The molecule has 63 heavy (non-hydrogen) atoms. The number of imidazole rings is 2. The molecule has 2 aliphatic carbocycles. The fourth-order valence-corrected chi connectivity index (χ4v) is 8.36. The highest BCUT2D eigenvalue weighted by molar-refractivity contribution is 6.29. The Morgan fingerprint density at radius 3 is 1.52 bits per heavy atom. The first-order valence-corrected chi connectivity index (χ1v) is 21.4. The van der Waals surface area contributed by atoms with Crippen LogP contribution >= 0.6 is 11.6 Å². The number of halogens is 3. The van der Waals surface area contributed by atoms with E-state index >= 15 is 0 Å². The lowest BCUT2D eigenvalue weighted by molar-refractivity contribution is 0.627. The molecule has 9 aromatic rings. The number of pyridine rings is 3. The number of anilines is 2. The molecular formula is C47H40ClF2N13. The number of aromatic nitrogens is 11. The lowest BCUT2D eigenvalue weighted by Crippen LogP contribution is -2.17. The van der Waals surface area contributed by atoms with E-state index in [0.29, 0.717) is 63.7 Å². The van der Waals surface area contributed by atoms with Crippen LogP contribution in [0.4, 0.5) is 20.7 Å². The van der Waals surface area contributed by atoms with Crippen LogP contribution in [-0.2, 0) is 0 Å². The summed E-state index contributed by atoms with van der Waals surface area (Å²) >= 11 is 6.07. The quantitative estimate of drug-likeness (QED) is 0.134. The molecule has 0 radical (unpaired) electrons. The summed E-state index contributed by atoms with van der Waals surface area (Å²) in [5.41, 5.74) is 5.85. The summed E-state index contributed by atoms with van der Waals surface area (Å²) in [5.74, 6) is 3.16. The first-order valence-electron chi connectivity index (χ1n) is 21.0. The molecule has 0 atom stereocenters. The lowest BCUT2D eigenvalue weighted by Gasteiger charge is -2.14. The topological polar surface area (TPSA) is 150 Å². The van der Waals surface area contributed by atoms with E-state index in [1.807, 2.05) is 51.6 Å². The second-order valence-corrected chi connectivity index (χ2v) is 15.9. The molecule has 2 N–H and O–H groups in total. The number of benzene rings is 2. The number of rotatable bonds is 9. The van der Waals surface area contributed by atoms with Crippen molar-refractivity contribution >= 4 is 45.8 Å². The van der Waals surface area contributed by atoms with Gasteiger partial charge in [0.2, 0.25) is 11.9 Å². The van der Waals surface area contributed by atoms with E-state index in [1.165, 1.54) is 49.9 Å². The molecule has 0 unspecified atom stereocenters. The minimum absolute atomic E-state index is 0.298. The zero-order valence-corrected chi connectivity index (χ0v) is 34.7. The molecule has 7 aromatic heterocycles. The third kappa shape index (κ3) is 8.64. The van der Waals surface area contributed by atoms with E-state index in [1.54, 1.807) is 55.1 Å². The van der Waals surface area contributed by atoms with Crippen molar-refractivity contribution in [1.29, 1.82) is 0 Å². The van der Waals surface area contributed by atoms with Crippen LogP contribution in [-0.4, -0.2) is 66.1 Å². The number of fused-ring (bicyclic) bond motifs is 2. The first-order chi connectivity index (χ1) is 30.9. The maximum atomic E-state index is 13.6. The van der Waals surface area contributed by atoms with E-state index in [4.69, 9.17) is 31.5 Å². The van der Waals surface area contributed by atoms with Crippen molar-refractivity contribution in [2.45, 2.75) is 63.5 Å². The summed E-state index contributed by atoms with van der Waals surface area (Å²) < 4.78 is 30.9. The van der Waals surface area contributed by atoms with Gasteiger partial charge in [-0.25, -0.2) is 38.7 Å². The van der Waals surface area contributed by atoms with Crippen LogP contribution in [0.1, 0.15) is 51.4 Å². The Morgan fingerprint density at radius 1 is 0.508 bits per heavy atom. The fraction of sp³-hybridized carbons (Fsp3) is 0.213. The minimum atomic E-state index is -0.303. The Balaban J connectivity index is 0.000000152. The Hall–Kier alpha value is -7.26. The lowest BCUT2D eigenvalue weighted by atomic mass is 10.2. The standard InChI is InChI=1S/C26H22FN7.C21H18ClFN6/c27-19-9-7-17(8-10-19)25-33-24-22(12-11-21(31-24)18-4-3-14-28-16-18)34(25)23-13-15-29-26(32-23)30-20-5-1-2-6-20;22-17-10-9-16-19(26-17)28-20(13-5-7-14(23)8-6-13)29(16)18-11-12-24-21(27-18)25-15-3-1-2-4-15/h3-4,7-16,20H,1-2,5-6H2,(H,29,30,32);5-12,15H,1-4H2,(H,24,25,27). The number of hydrogen-bond acceptors (Lipinski definition) is 11. The monoisotopic (exact) mass is 859 g/mol. The first kappa shape index (κ1) is 39.9. The maximum Gasteiger partial charge on any atom is 0.224 e. The number of nitrogens with zero attached hydrogens (tertiary/aromatic N) is 11. The van der Waals surface area contributed by atoms with Gasteiger partial charge in [-0.15, -0.1) is 0 Å². The molecule has 0 aliphatic heterocycles. The third-order valence-corrected chi connectivity index (χ3v) is 11.5. The second-order valence-electron chi connectivity index (χ2n) is 15.5. The van der Waals surface area contributed by atoms with Gasteiger partial charge in [0.15, 0.2) is 11.3 Å². The minimum Gasteiger partial charge on any atom is -0.351 e. The molecule has 0 bridgehead atoms. The van der Waals surface area contributed by atoms with Gasteiger partial charge in [0.05, 0.1) is 16.7 Å². The van der Waals surface area contributed by atoms with Gasteiger partial charge in [-0.2, -0.15) is 9.97 Å². The van der Waals surface area contributed by atoms with E-state index < -0.39 is 0 Å². The highest BCUT2D eigenvalue weighted by Crippen LogP contribution is 2.32. The highest BCUT2D eigenvalue weighted by atomic mass is 35.5. The molecule has 0 spiro atoms. The van der Waals surface area contributed by atoms with Crippen molar-refractivity contribution in [1.82, 2.24) is 54.0 Å². The maximum absolute atomic E-state index is 13.6. The highest BCUT2D eigenvalue weighted by Gasteiger charge is 2.22. The molecule has 7 heterocycles. The van der Waals surface area contributed by atoms with Crippen LogP contribution < -0.4 is 10.6 Å². The molecule has 0 amide bonds. The van der Waals surface area contributed by atoms with Gasteiger partial charge in [0.25, 0.3) is 0 Å². The van der Waals surface area contributed by atoms with Crippen LogP contribution in [0, 0.1) is 11.6 Å². The SMILES string of the molecule is Fc1ccc(-c2nc3nc(-c4cccnc4)ccc3n2-c2ccnc(NC3CCCC3)n2)cc1.Fc1ccc(-c2nc3nc(Cl)ccc3n2-c2ccnc(NC3CCCC3)n2)cc1. The smallest absolute Gasteiger partial charge is 0.224 e. The van der Waals surface area contributed by atoms with Crippen LogP contribution in [0.3, 0.4) is 0 Å². The third-order valence-electron chi connectivity index (χ3n) is 11.3. The summed E-state index contributed by atoms with van der Waals surface area (Å²) in [6.07, 6.45) is 16.4. The van der Waals surface area contributed by atoms with Crippen molar-refractivity contribution in [3.05, 3.63) is 139 Å². The molecule has 2 aromatic carbocycles. The summed E-state index contributed by atoms with van der Waals surface area (Å²) in [6.45, 7) is 0. The predicted molar refractivity (Wildman–Crippen MR) is 240 cm³/mol. The zero-order chi connectivity index (χ0) is 42.7. The molecule has 13 nitrogen and oxygen atoms in total. The van der Waals surface area contributed by atoms with Gasteiger partial charge in [-0.3, -0.25) is 14.1 Å². The summed E-state index contributed by atoms with van der Waals surface area (Å²) in [5, 5.41) is 7.25. The molecule has 2 fully saturated rings. The van der Waals surface area contributed by atoms with E-state index in [-0.39, 0.29) is 11.6 Å². The Kier molecular flexibility index (Phi) is 11.1. The molecule has 2 aliphatic rings. The molecular weight excluding hydrogens is 820 g/mol. The molecule has 2 saturated carbocycles. The predicted octanol–water partition coefficient (Wildman–Crippen LogP) is 10.5. The number of nitrogens with one attached hydrogen (secondary N) is 2. The van der Waals surface area contributed by atoms with Crippen molar-refractivity contribution in [2.75, 3.05) is 10.6 Å². The Labute approximate surface area is 365 Å². The molecule has 16 heteroatoms. The summed E-state index contributed by atoms with van der Waals surface area (Å²) in [6, 6.07) is 28.3. The van der Waals surface area contributed by atoms with Crippen LogP contribution in [0.5, 0.6) is 0 Å². The Morgan fingerprint density at radius 2 is 1.02 bits per heavy atom. The van der Waals surface area contributed by atoms with E-state index in [2.05, 4.69) is 35.6 Å². The van der Waals surface area contributed by atoms with Gasteiger partial charge >= 0.3 is 0 Å². The van der Waals surface area contributed by atoms with E-state index in [0.717, 1.165) is 59.1 Å². The van der Waals surface area contributed by atoms with Gasteiger partial charge in [-0.1, -0.05) is 37.3 Å². The Bertz CT molecular complexity index is 3020. The van der Waals surface area contributed by atoms with Crippen LogP contribution in [0.25, 0.3) is 68.0 Å². The molecule has 11 rings (SSSR count).